The lowest BCUT2D eigenvalue weighted by atomic mass is 9.88. The molecule has 1 unspecified atom stereocenters. The third-order valence-corrected chi connectivity index (χ3v) is 2.96. The van der Waals surface area contributed by atoms with E-state index in [0.717, 1.165) is 13.5 Å². The molecule has 0 rings (SSSR count). The number of phosphoric acid groups is 1. The molecular formula is C9H19O6P. The number of phosphoric ester groups is 1. The van der Waals surface area contributed by atoms with E-state index < -0.39 is 26.0 Å². The molecule has 0 saturated carbocycles. The van der Waals surface area contributed by atoms with E-state index >= 15 is 0 Å². The molecule has 0 aliphatic rings. The van der Waals surface area contributed by atoms with E-state index in [0.29, 0.717) is 6.42 Å². The standard InChI is InChI=1S/C9H19O6P/c1-5-6-9(2,3)8(10)14-7-15-16(11,12)13-4/h5-7H2,1-4H3,(H,11,12). The number of ether oxygens (including phenoxy) is 1. The SMILES string of the molecule is CCCC(C)(C)C(=O)OCOP(=O)(O)OC. The maximum Gasteiger partial charge on any atom is 0.474 e. The summed E-state index contributed by atoms with van der Waals surface area (Å²) in [5.41, 5.74) is -0.620. The van der Waals surface area contributed by atoms with E-state index in [2.05, 4.69) is 9.05 Å². The molecule has 6 nitrogen and oxygen atoms in total. The second-order valence-electron chi connectivity index (χ2n) is 3.96. The maximum absolute atomic E-state index is 11.5. The molecule has 0 amide bonds. The van der Waals surface area contributed by atoms with Crippen LogP contribution in [0, 0.1) is 5.41 Å². The number of hydrogen-bond acceptors (Lipinski definition) is 5. The number of rotatable bonds is 7. The Morgan fingerprint density at radius 3 is 2.44 bits per heavy atom. The fraction of sp³-hybridized carbons (Fsp3) is 0.889. The Kier molecular flexibility index (Phi) is 6.18. The highest BCUT2D eigenvalue weighted by Gasteiger charge is 2.29. The van der Waals surface area contributed by atoms with Crippen molar-refractivity contribution in [3.8, 4) is 0 Å². The number of carbonyl (C=O) groups excluding carboxylic acids is 1. The maximum atomic E-state index is 11.5. The number of esters is 1. The number of hydrogen-bond donors (Lipinski definition) is 1. The summed E-state index contributed by atoms with van der Waals surface area (Å²) < 4.78 is 24.1. The molecule has 0 aromatic carbocycles. The van der Waals surface area contributed by atoms with Crippen LogP contribution in [0.3, 0.4) is 0 Å². The van der Waals surface area contributed by atoms with Gasteiger partial charge in [0.1, 0.15) is 0 Å². The predicted molar refractivity (Wildman–Crippen MR) is 57.6 cm³/mol. The summed E-state index contributed by atoms with van der Waals surface area (Å²) >= 11 is 0. The molecule has 0 aromatic rings. The Hall–Kier alpha value is -0.420. The second kappa shape index (κ2) is 6.35. The molecule has 0 fully saturated rings. The first-order valence-corrected chi connectivity index (χ1v) is 6.45. The Bertz CT molecular complexity index is 275. The Morgan fingerprint density at radius 1 is 1.44 bits per heavy atom. The van der Waals surface area contributed by atoms with Crippen LogP contribution in [0.2, 0.25) is 0 Å². The monoisotopic (exact) mass is 254 g/mol. The van der Waals surface area contributed by atoms with E-state index in [1.807, 2.05) is 6.92 Å². The van der Waals surface area contributed by atoms with Gasteiger partial charge in [0.2, 0.25) is 6.79 Å². The van der Waals surface area contributed by atoms with Crippen LogP contribution in [-0.4, -0.2) is 24.8 Å². The van der Waals surface area contributed by atoms with Crippen LogP contribution in [0.15, 0.2) is 0 Å². The lowest BCUT2D eigenvalue weighted by Gasteiger charge is -2.21. The van der Waals surface area contributed by atoms with Gasteiger partial charge in [0.25, 0.3) is 0 Å². The van der Waals surface area contributed by atoms with Crippen molar-refractivity contribution >= 4 is 13.8 Å². The molecule has 1 atom stereocenters. The summed E-state index contributed by atoms with van der Waals surface area (Å²) in [6.45, 7) is 4.85. The van der Waals surface area contributed by atoms with Crippen molar-refractivity contribution in [3.05, 3.63) is 0 Å². The lowest BCUT2D eigenvalue weighted by molar-refractivity contribution is -0.161. The molecule has 0 heterocycles. The Morgan fingerprint density at radius 2 is 2.00 bits per heavy atom. The molecule has 0 bridgehead atoms. The van der Waals surface area contributed by atoms with Gasteiger partial charge < -0.3 is 9.63 Å². The summed E-state index contributed by atoms with van der Waals surface area (Å²) in [6, 6.07) is 0. The van der Waals surface area contributed by atoms with Gasteiger partial charge in [0, 0.05) is 7.11 Å². The van der Waals surface area contributed by atoms with Gasteiger partial charge in [-0.3, -0.25) is 9.32 Å². The molecular weight excluding hydrogens is 235 g/mol. The van der Waals surface area contributed by atoms with Gasteiger partial charge in [-0.15, -0.1) is 0 Å². The summed E-state index contributed by atoms with van der Waals surface area (Å²) in [6.07, 6.45) is 1.52. The van der Waals surface area contributed by atoms with Crippen LogP contribution < -0.4 is 0 Å². The third kappa shape index (κ3) is 5.61. The molecule has 0 radical (unpaired) electrons. The summed E-state index contributed by atoms with van der Waals surface area (Å²) in [5.74, 6) is -0.467. The highest BCUT2D eigenvalue weighted by Crippen LogP contribution is 2.41. The van der Waals surface area contributed by atoms with E-state index in [1.54, 1.807) is 13.8 Å². The van der Waals surface area contributed by atoms with Crippen LogP contribution in [-0.2, 0) is 23.1 Å². The fourth-order valence-electron chi connectivity index (χ4n) is 1.12. The molecule has 16 heavy (non-hydrogen) atoms. The topological polar surface area (TPSA) is 82.1 Å². The first kappa shape index (κ1) is 15.6. The average molecular weight is 254 g/mol. The van der Waals surface area contributed by atoms with Crippen LogP contribution in [0.25, 0.3) is 0 Å². The molecule has 96 valence electrons. The van der Waals surface area contributed by atoms with Crippen LogP contribution in [0.5, 0.6) is 0 Å². The minimum atomic E-state index is -4.07. The molecule has 0 aliphatic heterocycles. The summed E-state index contributed by atoms with van der Waals surface area (Å²) in [7, 11) is -3.04. The largest absolute Gasteiger partial charge is 0.474 e. The summed E-state index contributed by atoms with van der Waals surface area (Å²) in [5, 5.41) is 0. The lowest BCUT2D eigenvalue weighted by Crippen LogP contribution is -2.27. The van der Waals surface area contributed by atoms with Gasteiger partial charge in [0.15, 0.2) is 0 Å². The normalized spacial score (nSPS) is 15.6. The zero-order valence-corrected chi connectivity index (χ0v) is 11.0. The van der Waals surface area contributed by atoms with Gasteiger partial charge in [0.05, 0.1) is 5.41 Å². The van der Waals surface area contributed by atoms with Crippen molar-refractivity contribution in [1.82, 2.24) is 0 Å². The quantitative estimate of drug-likeness (QED) is 0.425. The summed E-state index contributed by atoms with van der Waals surface area (Å²) in [4.78, 5) is 20.4. The van der Waals surface area contributed by atoms with E-state index in [9.17, 15) is 9.36 Å². The average Bonchev–Trinajstić information content (AvgIpc) is 2.17. The van der Waals surface area contributed by atoms with Crippen molar-refractivity contribution in [1.29, 1.82) is 0 Å². The van der Waals surface area contributed by atoms with E-state index in [4.69, 9.17) is 9.63 Å². The molecule has 0 spiro atoms. The van der Waals surface area contributed by atoms with Gasteiger partial charge in [-0.25, -0.2) is 9.09 Å². The van der Waals surface area contributed by atoms with Crippen molar-refractivity contribution in [2.45, 2.75) is 33.6 Å². The minimum Gasteiger partial charge on any atom is -0.437 e. The van der Waals surface area contributed by atoms with E-state index in [-0.39, 0.29) is 0 Å². The highest BCUT2D eigenvalue weighted by molar-refractivity contribution is 7.47. The Labute approximate surface area is 95.5 Å². The molecule has 0 aromatic heterocycles. The van der Waals surface area contributed by atoms with Gasteiger partial charge >= 0.3 is 13.8 Å². The highest BCUT2D eigenvalue weighted by atomic mass is 31.2. The van der Waals surface area contributed by atoms with Gasteiger partial charge in [-0.1, -0.05) is 13.3 Å². The van der Waals surface area contributed by atoms with E-state index in [1.165, 1.54) is 0 Å². The van der Waals surface area contributed by atoms with Crippen LogP contribution in [0.1, 0.15) is 33.6 Å². The van der Waals surface area contributed by atoms with Crippen molar-refractivity contribution in [2.75, 3.05) is 13.9 Å². The van der Waals surface area contributed by atoms with Crippen molar-refractivity contribution in [3.63, 3.8) is 0 Å². The first-order valence-electron chi connectivity index (χ1n) is 4.95. The fourth-order valence-corrected chi connectivity index (χ4v) is 1.41. The smallest absolute Gasteiger partial charge is 0.437 e. The molecule has 1 N–H and O–H groups in total. The van der Waals surface area contributed by atoms with Crippen LogP contribution in [0.4, 0.5) is 0 Å². The molecule has 0 saturated heterocycles. The minimum absolute atomic E-state index is 0.467. The Balaban J connectivity index is 4.04. The third-order valence-electron chi connectivity index (χ3n) is 2.06. The van der Waals surface area contributed by atoms with Crippen LogP contribution >= 0.6 is 7.82 Å². The van der Waals surface area contributed by atoms with Crippen molar-refractivity contribution in [2.24, 2.45) is 5.41 Å². The second-order valence-corrected chi connectivity index (χ2v) is 5.52. The predicted octanol–water partition coefficient (Wildman–Crippen LogP) is 2.08. The van der Waals surface area contributed by atoms with Gasteiger partial charge in [-0.2, -0.15) is 0 Å². The zero-order chi connectivity index (χ0) is 12.8. The van der Waals surface area contributed by atoms with Gasteiger partial charge in [-0.05, 0) is 20.3 Å². The zero-order valence-electron chi connectivity index (χ0n) is 10.1. The van der Waals surface area contributed by atoms with Crippen molar-refractivity contribution < 1.29 is 28.0 Å². The number of carbonyl (C=O) groups is 1. The molecule has 0 aliphatic carbocycles. The first-order chi connectivity index (χ1) is 7.25. The molecule has 7 heteroatoms.